The van der Waals surface area contributed by atoms with Gasteiger partial charge in [-0.2, -0.15) is 0 Å². The van der Waals surface area contributed by atoms with Gasteiger partial charge in [0, 0.05) is 19.1 Å². The number of benzene rings is 2. The summed E-state index contributed by atoms with van der Waals surface area (Å²) in [4.78, 5) is 19.3. The van der Waals surface area contributed by atoms with Gasteiger partial charge >= 0.3 is 0 Å². The summed E-state index contributed by atoms with van der Waals surface area (Å²) < 4.78 is 50.2. The summed E-state index contributed by atoms with van der Waals surface area (Å²) in [5.41, 5.74) is 0.702. The van der Waals surface area contributed by atoms with Crippen molar-refractivity contribution < 1.29 is 27.1 Å². The third kappa shape index (κ3) is 5.08. The lowest BCUT2D eigenvalue weighted by Crippen LogP contribution is -2.38. The molecule has 0 N–H and O–H groups in total. The number of anilines is 1. The topological polar surface area (TPSA) is 85.8 Å². The number of hydrogen-bond acceptors (Lipinski definition) is 7. The van der Waals surface area contributed by atoms with E-state index in [9.17, 15) is 17.6 Å². The van der Waals surface area contributed by atoms with Crippen LogP contribution in [0.5, 0.6) is 5.75 Å². The third-order valence-corrected chi connectivity index (χ3v) is 8.07. The second-order valence-electron chi connectivity index (χ2n) is 7.49. The van der Waals surface area contributed by atoms with Gasteiger partial charge in [0.15, 0.2) is 15.0 Å². The van der Waals surface area contributed by atoms with Crippen LogP contribution < -0.4 is 9.64 Å². The van der Waals surface area contributed by atoms with Gasteiger partial charge in [0.2, 0.25) is 5.91 Å². The summed E-state index contributed by atoms with van der Waals surface area (Å²) >= 11 is 1.36. The Hall–Kier alpha value is -2.56. The van der Waals surface area contributed by atoms with Gasteiger partial charge in [-0.3, -0.25) is 9.69 Å². The molecule has 1 unspecified atom stereocenters. The van der Waals surface area contributed by atoms with E-state index in [0.29, 0.717) is 29.5 Å². The van der Waals surface area contributed by atoms with Crippen molar-refractivity contribution in [2.45, 2.75) is 30.3 Å². The molecule has 1 aromatic heterocycles. The van der Waals surface area contributed by atoms with Crippen LogP contribution >= 0.6 is 11.3 Å². The molecule has 170 valence electrons. The highest BCUT2D eigenvalue weighted by molar-refractivity contribution is 7.91. The van der Waals surface area contributed by atoms with Crippen LogP contribution in [0.4, 0.5) is 9.52 Å². The highest BCUT2D eigenvalue weighted by Crippen LogP contribution is 2.32. The van der Waals surface area contributed by atoms with Gasteiger partial charge in [-0.15, -0.1) is 0 Å². The number of carbonyl (C=O) groups is 1. The Morgan fingerprint density at radius 1 is 1.28 bits per heavy atom. The predicted octanol–water partition coefficient (Wildman–Crippen LogP) is 3.82. The minimum absolute atomic E-state index is 0.00976. The van der Waals surface area contributed by atoms with Gasteiger partial charge in [-0.25, -0.2) is 17.8 Å². The molecule has 1 aliphatic heterocycles. The molecule has 0 saturated carbocycles. The van der Waals surface area contributed by atoms with E-state index >= 15 is 0 Å². The fraction of sp³-hybridized carbons (Fsp3) is 0.364. The number of halogens is 1. The number of aromatic nitrogens is 1. The van der Waals surface area contributed by atoms with Gasteiger partial charge in [-0.1, -0.05) is 11.3 Å². The molecule has 2 aromatic carbocycles. The number of ether oxygens (including phenoxy) is 2. The Balaban J connectivity index is 1.55. The second kappa shape index (κ2) is 9.51. The number of hydrogen-bond donors (Lipinski definition) is 0. The van der Waals surface area contributed by atoms with Gasteiger partial charge < -0.3 is 9.47 Å². The molecule has 4 rings (SSSR count). The quantitative estimate of drug-likeness (QED) is 0.458. The molecule has 0 bridgehead atoms. The molecule has 1 saturated heterocycles. The Bertz CT molecular complexity index is 1200. The molecule has 0 radical (unpaired) electrons. The summed E-state index contributed by atoms with van der Waals surface area (Å²) in [5.74, 6) is -0.581. The Morgan fingerprint density at radius 3 is 2.75 bits per heavy atom. The number of sulfone groups is 1. The first-order valence-corrected chi connectivity index (χ1v) is 12.7. The lowest BCUT2D eigenvalue weighted by molar-refractivity contribution is -0.118. The van der Waals surface area contributed by atoms with E-state index < -0.39 is 15.7 Å². The summed E-state index contributed by atoms with van der Waals surface area (Å²) in [6.07, 6.45) is 1.42. The monoisotopic (exact) mass is 478 g/mol. The smallest absolute Gasteiger partial charge is 0.229 e. The Labute approximate surface area is 189 Å². The molecule has 1 atom stereocenters. The van der Waals surface area contributed by atoms with Crippen molar-refractivity contribution in [2.75, 3.05) is 30.9 Å². The van der Waals surface area contributed by atoms with Crippen LogP contribution in [0.2, 0.25) is 0 Å². The Morgan fingerprint density at radius 2 is 2.06 bits per heavy atom. The van der Waals surface area contributed by atoms with E-state index in [0.717, 1.165) is 29.7 Å². The zero-order valence-electron chi connectivity index (χ0n) is 17.5. The molecule has 1 amide bonds. The minimum atomic E-state index is -3.73. The minimum Gasteiger partial charge on any atom is -0.497 e. The van der Waals surface area contributed by atoms with E-state index in [1.165, 1.54) is 28.4 Å². The fourth-order valence-electron chi connectivity index (χ4n) is 3.53. The van der Waals surface area contributed by atoms with Crippen molar-refractivity contribution >= 4 is 42.4 Å². The van der Waals surface area contributed by atoms with E-state index in [4.69, 9.17) is 9.47 Å². The Kier molecular flexibility index (Phi) is 6.73. The number of nitrogens with zero attached hydrogens (tertiary/aromatic N) is 2. The lowest BCUT2D eigenvalue weighted by atomic mass is 10.2. The van der Waals surface area contributed by atoms with Crippen LogP contribution in [-0.4, -0.2) is 51.4 Å². The highest BCUT2D eigenvalue weighted by atomic mass is 32.2. The number of carbonyl (C=O) groups excluding carboxylic acids is 1. The second-order valence-corrected chi connectivity index (χ2v) is 10.6. The van der Waals surface area contributed by atoms with Gasteiger partial charge in [0.25, 0.3) is 0 Å². The summed E-state index contributed by atoms with van der Waals surface area (Å²) in [6, 6.07) is 10.1. The van der Waals surface area contributed by atoms with Gasteiger partial charge in [0.05, 0.1) is 40.6 Å². The zero-order valence-corrected chi connectivity index (χ0v) is 19.1. The normalized spacial score (nSPS) is 16.4. The van der Waals surface area contributed by atoms with E-state index in [-0.39, 0.29) is 29.1 Å². The average Bonchev–Trinajstić information content (AvgIpc) is 3.45. The number of thiazole rings is 1. The number of rotatable bonds is 8. The van der Waals surface area contributed by atoms with E-state index in [2.05, 4.69) is 4.98 Å². The van der Waals surface area contributed by atoms with Gasteiger partial charge in [0.1, 0.15) is 11.6 Å². The van der Waals surface area contributed by atoms with Crippen LogP contribution in [0, 0.1) is 5.82 Å². The third-order valence-electron chi connectivity index (χ3n) is 5.28. The first-order chi connectivity index (χ1) is 15.4. The maximum atomic E-state index is 13.2. The lowest BCUT2D eigenvalue weighted by Gasteiger charge is -2.23. The van der Waals surface area contributed by atoms with E-state index in [1.807, 2.05) is 12.1 Å². The molecular formula is C22H23FN2O5S2. The SMILES string of the molecule is COc1ccc2sc(N(CC3CCCO3)C(=O)CCS(=O)(=O)c3ccc(F)cc3)nc2c1. The van der Waals surface area contributed by atoms with Crippen molar-refractivity contribution in [3.8, 4) is 5.75 Å². The number of methoxy groups -OCH3 is 1. The zero-order chi connectivity index (χ0) is 22.7. The molecule has 32 heavy (non-hydrogen) atoms. The van der Waals surface area contributed by atoms with E-state index in [1.54, 1.807) is 13.2 Å². The molecule has 3 aromatic rings. The van der Waals surface area contributed by atoms with Crippen molar-refractivity contribution in [1.29, 1.82) is 0 Å². The average molecular weight is 479 g/mol. The maximum Gasteiger partial charge on any atom is 0.229 e. The summed E-state index contributed by atoms with van der Waals surface area (Å²) in [6.45, 7) is 0.953. The molecular weight excluding hydrogens is 455 g/mol. The van der Waals surface area contributed by atoms with Crippen LogP contribution in [0.15, 0.2) is 47.4 Å². The first kappa shape index (κ1) is 22.6. The molecule has 0 spiro atoms. The maximum absolute atomic E-state index is 13.2. The van der Waals surface area contributed by atoms with Crippen LogP contribution in [0.1, 0.15) is 19.3 Å². The summed E-state index contributed by atoms with van der Waals surface area (Å²) in [7, 11) is -2.15. The van der Waals surface area contributed by atoms with Crippen molar-refractivity contribution in [3.63, 3.8) is 0 Å². The largest absolute Gasteiger partial charge is 0.497 e. The molecule has 2 heterocycles. The van der Waals surface area contributed by atoms with Crippen LogP contribution in [0.3, 0.4) is 0 Å². The summed E-state index contributed by atoms with van der Waals surface area (Å²) in [5, 5.41) is 0.493. The number of fused-ring (bicyclic) bond motifs is 1. The molecule has 7 nitrogen and oxygen atoms in total. The highest BCUT2D eigenvalue weighted by Gasteiger charge is 2.27. The van der Waals surface area contributed by atoms with Crippen LogP contribution in [-0.2, 0) is 19.4 Å². The van der Waals surface area contributed by atoms with Crippen LogP contribution in [0.25, 0.3) is 10.2 Å². The van der Waals surface area contributed by atoms with Crippen molar-refractivity contribution in [1.82, 2.24) is 4.98 Å². The standard InChI is InChI=1S/C22H23FN2O5S2/c1-29-16-6-9-20-19(13-16)24-22(31-20)25(14-17-3-2-11-30-17)21(26)10-12-32(27,28)18-7-4-15(23)5-8-18/h4-9,13,17H,2-3,10-12,14H2,1H3. The first-order valence-electron chi connectivity index (χ1n) is 10.2. The predicted molar refractivity (Wildman–Crippen MR) is 121 cm³/mol. The molecule has 1 fully saturated rings. The molecule has 1 aliphatic rings. The molecule has 10 heteroatoms. The van der Waals surface area contributed by atoms with Crippen molar-refractivity contribution in [2.24, 2.45) is 0 Å². The molecule has 0 aliphatic carbocycles. The fourth-order valence-corrected chi connectivity index (χ4v) is 5.73. The number of amides is 1. The van der Waals surface area contributed by atoms with Crippen molar-refractivity contribution in [3.05, 3.63) is 48.3 Å². The van der Waals surface area contributed by atoms with Gasteiger partial charge in [-0.05, 0) is 49.2 Å².